The summed E-state index contributed by atoms with van der Waals surface area (Å²) in [5.74, 6) is 1.91. The molecule has 2 rings (SSSR count). The van der Waals surface area contributed by atoms with E-state index in [9.17, 15) is 0 Å². The van der Waals surface area contributed by atoms with E-state index in [2.05, 4.69) is 26.1 Å². The van der Waals surface area contributed by atoms with E-state index in [4.69, 9.17) is 0 Å². The van der Waals surface area contributed by atoms with Crippen molar-refractivity contribution in [1.82, 2.24) is 5.32 Å². The summed E-state index contributed by atoms with van der Waals surface area (Å²) in [5, 5.41) is 3.71. The molecule has 2 fully saturated rings. The molecule has 1 atom stereocenters. The molecule has 1 aliphatic carbocycles. The van der Waals surface area contributed by atoms with E-state index in [0.29, 0.717) is 5.41 Å². The third-order valence-corrected chi connectivity index (χ3v) is 5.13. The van der Waals surface area contributed by atoms with Crippen molar-refractivity contribution in [3.63, 3.8) is 0 Å². The van der Waals surface area contributed by atoms with Gasteiger partial charge in [0.05, 0.1) is 0 Å². The van der Waals surface area contributed by atoms with Gasteiger partial charge in [-0.3, -0.25) is 0 Å². The molecule has 0 aromatic carbocycles. The Hall–Kier alpha value is -0.0400. The Balaban J connectivity index is 1.96. The van der Waals surface area contributed by atoms with Gasteiger partial charge in [-0.2, -0.15) is 0 Å². The first-order chi connectivity index (χ1) is 7.18. The Morgan fingerprint density at radius 1 is 1.20 bits per heavy atom. The van der Waals surface area contributed by atoms with Crippen LogP contribution in [0.25, 0.3) is 0 Å². The molecule has 1 N–H and O–H groups in total. The summed E-state index contributed by atoms with van der Waals surface area (Å²) in [7, 11) is 0. The number of hydrogen-bond donors (Lipinski definition) is 1. The molecule has 0 radical (unpaired) electrons. The highest BCUT2D eigenvalue weighted by Gasteiger charge is 2.44. The monoisotopic (exact) mass is 209 g/mol. The second-order valence-electron chi connectivity index (χ2n) is 6.11. The van der Waals surface area contributed by atoms with E-state index in [1.807, 2.05) is 0 Å². The van der Waals surface area contributed by atoms with Gasteiger partial charge < -0.3 is 5.32 Å². The van der Waals surface area contributed by atoms with Gasteiger partial charge in [0.25, 0.3) is 0 Å². The first-order valence-corrected chi connectivity index (χ1v) is 6.91. The third-order valence-electron chi connectivity index (χ3n) is 5.13. The molecule has 1 spiro atoms. The van der Waals surface area contributed by atoms with Crippen molar-refractivity contribution in [3.05, 3.63) is 0 Å². The van der Waals surface area contributed by atoms with Crippen LogP contribution in [0.3, 0.4) is 0 Å². The van der Waals surface area contributed by atoms with Crippen molar-refractivity contribution in [3.8, 4) is 0 Å². The van der Waals surface area contributed by atoms with Gasteiger partial charge in [-0.1, -0.05) is 20.8 Å². The minimum absolute atomic E-state index is 0.695. The normalized spacial score (nSPS) is 41.6. The maximum Gasteiger partial charge on any atom is 0.0121 e. The van der Waals surface area contributed by atoms with E-state index in [1.54, 1.807) is 0 Å². The summed E-state index contributed by atoms with van der Waals surface area (Å²) >= 11 is 0. The minimum atomic E-state index is 0.695. The predicted octanol–water partition coefficient (Wildman–Crippen LogP) is 3.59. The molecule has 1 saturated heterocycles. The lowest BCUT2D eigenvalue weighted by atomic mass is 9.64. The third kappa shape index (κ3) is 2.08. The summed E-state index contributed by atoms with van der Waals surface area (Å²) in [6, 6.07) is 0.825. The lowest BCUT2D eigenvalue weighted by Gasteiger charge is -2.42. The second kappa shape index (κ2) is 4.45. The number of rotatable bonds is 2. The Morgan fingerprint density at radius 3 is 2.40 bits per heavy atom. The highest BCUT2D eigenvalue weighted by molar-refractivity contribution is 4.99. The van der Waals surface area contributed by atoms with Crippen LogP contribution >= 0.6 is 0 Å². The largest absolute Gasteiger partial charge is 0.313 e. The fourth-order valence-electron chi connectivity index (χ4n) is 3.94. The summed E-state index contributed by atoms with van der Waals surface area (Å²) in [6.45, 7) is 8.41. The standard InChI is InChI=1S/C14H27N/c1-4-13-14(9-10-15-13)7-5-12(6-8-14)11(2)3/h11-13,15H,4-10H2,1-3H3. The molecule has 1 unspecified atom stereocenters. The van der Waals surface area contributed by atoms with Gasteiger partial charge in [0.15, 0.2) is 0 Å². The predicted molar refractivity (Wildman–Crippen MR) is 65.9 cm³/mol. The molecule has 1 heterocycles. The SMILES string of the molecule is CCC1NCCC12CCC(C(C)C)CC2. The van der Waals surface area contributed by atoms with Gasteiger partial charge in [-0.25, -0.2) is 0 Å². The van der Waals surface area contributed by atoms with Crippen molar-refractivity contribution in [2.24, 2.45) is 17.3 Å². The molecule has 1 saturated carbocycles. The maximum absolute atomic E-state index is 3.71. The van der Waals surface area contributed by atoms with Crippen molar-refractivity contribution < 1.29 is 0 Å². The van der Waals surface area contributed by atoms with Crippen molar-refractivity contribution >= 4 is 0 Å². The first-order valence-electron chi connectivity index (χ1n) is 6.91. The van der Waals surface area contributed by atoms with E-state index in [-0.39, 0.29) is 0 Å². The van der Waals surface area contributed by atoms with Gasteiger partial charge in [-0.15, -0.1) is 0 Å². The smallest absolute Gasteiger partial charge is 0.0121 e. The Labute approximate surface area is 95.0 Å². The quantitative estimate of drug-likeness (QED) is 0.733. The van der Waals surface area contributed by atoms with E-state index < -0.39 is 0 Å². The van der Waals surface area contributed by atoms with Crippen LogP contribution in [-0.4, -0.2) is 12.6 Å². The zero-order valence-corrected chi connectivity index (χ0v) is 10.7. The molecule has 0 aromatic rings. The Morgan fingerprint density at radius 2 is 1.87 bits per heavy atom. The van der Waals surface area contributed by atoms with Crippen LogP contribution in [0, 0.1) is 17.3 Å². The summed E-state index contributed by atoms with van der Waals surface area (Å²) < 4.78 is 0. The first kappa shape index (κ1) is 11.4. The zero-order valence-electron chi connectivity index (χ0n) is 10.7. The lowest BCUT2D eigenvalue weighted by Crippen LogP contribution is -2.39. The molecule has 0 aromatic heterocycles. The van der Waals surface area contributed by atoms with Crippen LogP contribution in [0.1, 0.15) is 59.3 Å². The summed E-state index contributed by atoms with van der Waals surface area (Å²) in [4.78, 5) is 0. The molecule has 0 bridgehead atoms. The molecule has 0 amide bonds. The minimum Gasteiger partial charge on any atom is -0.313 e. The average Bonchev–Trinajstić information content (AvgIpc) is 2.61. The highest BCUT2D eigenvalue weighted by atomic mass is 15.0. The van der Waals surface area contributed by atoms with E-state index >= 15 is 0 Å². The van der Waals surface area contributed by atoms with Gasteiger partial charge in [0.2, 0.25) is 0 Å². The van der Waals surface area contributed by atoms with Gasteiger partial charge in [-0.05, 0) is 62.3 Å². The topological polar surface area (TPSA) is 12.0 Å². The van der Waals surface area contributed by atoms with E-state index in [0.717, 1.165) is 17.9 Å². The maximum atomic E-state index is 3.71. The van der Waals surface area contributed by atoms with Gasteiger partial charge in [0.1, 0.15) is 0 Å². The molecule has 1 nitrogen and oxygen atoms in total. The van der Waals surface area contributed by atoms with Gasteiger partial charge in [0, 0.05) is 6.04 Å². The summed E-state index contributed by atoms with van der Waals surface area (Å²) in [5.41, 5.74) is 0.695. The molecule has 1 aliphatic heterocycles. The van der Waals surface area contributed by atoms with Gasteiger partial charge >= 0.3 is 0 Å². The zero-order chi connectivity index (χ0) is 10.9. The highest BCUT2D eigenvalue weighted by Crippen LogP contribution is 2.48. The summed E-state index contributed by atoms with van der Waals surface area (Å²) in [6.07, 6.45) is 8.71. The fourth-order valence-corrected chi connectivity index (χ4v) is 3.94. The van der Waals surface area contributed by atoms with Crippen molar-refractivity contribution in [2.75, 3.05) is 6.54 Å². The number of hydrogen-bond acceptors (Lipinski definition) is 1. The molecule has 2 aliphatic rings. The molecule has 88 valence electrons. The average molecular weight is 209 g/mol. The Kier molecular flexibility index (Phi) is 3.39. The van der Waals surface area contributed by atoms with E-state index in [1.165, 1.54) is 45.1 Å². The van der Waals surface area contributed by atoms with Crippen molar-refractivity contribution in [1.29, 1.82) is 0 Å². The van der Waals surface area contributed by atoms with Crippen LogP contribution < -0.4 is 5.32 Å². The molecular formula is C14H27N. The van der Waals surface area contributed by atoms with Crippen LogP contribution in [0.4, 0.5) is 0 Å². The Bertz CT molecular complexity index is 201. The van der Waals surface area contributed by atoms with Crippen LogP contribution in [-0.2, 0) is 0 Å². The van der Waals surface area contributed by atoms with Crippen LogP contribution in [0.15, 0.2) is 0 Å². The molecular weight excluding hydrogens is 182 g/mol. The number of nitrogens with one attached hydrogen (secondary N) is 1. The molecule has 15 heavy (non-hydrogen) atoms. The molecule has 1 heteroatoms. The second-order valence-corrected chi connectivity index (χ2v) is 6.11. The van der Waals surface area contributed by atoms with Crippen LogP contribution in [0.2, 0.25) is 0 Å². The van der Waals surface area contributed by atoms with Crippen molar-refractivity contribution in [2.45, 2.75) is 65.3 Å². The van der Waals surface area contributed by atoms with Crippen LogP contribution in [0.5, 0.6) is 0 Å². The fraction of sp³-hybridized carbons (Fsp3) is 1.00. The lowest BCUT2D eigenvalue weighted by molar-refractivity contribution is 0.109.